The second kappa shape index (κ2) is 7.11. The normalized spacial score (nSPS) is 10.5. The molecule has 2 aromatic rings. The minimum absolute atomic E-state index is 0.143. The van der Waals surface area contributed by atoms with Crippen LogP contribution in [0, 0.1) is 0 Å². The summed E-state index contributed by atoms with van der Waals surface area (Å²) >= 11 is 6.76. The molecule has 0 aliphatic heterocycles. The van der Waals surface area contributed by atoms with Crippen molar-refractivity contribution >= 4 is 43.5 Å². The van der Waals surface area contributed by atoms with Gasteiger partial charge < -0.3 is 19.6 Å². The number of ether oxygens (including phenoxy) is 1. The Balaban J connectivity index is 2.24. The monoisotopic (exact) mass is 417 g/mol. The summed E-state index contributed by atoms with van der Waals surface area (Å²) in [7, 11) is 1.33. The van der Waals surface area contributed by atoms with Crippen LogP contribution in [0.2, 0.25) is 0 Å². The zero-order valence-electron chi connectivity index (χ0n) is 11.2. The molecule has 1 aromatic heterocycles. The minimum Gasteiger partial charge on any atom is -0.465 e. The van der Waals surface area contributed by atoms with E-state index in [1.807, 2.05) is 6.07 Å². The number of hydrogen-bond acceptors (Lipinski definition) is 5. The van der Waals surface area contributed by atoms with Crippen molar-refractivity contribution < 1.29 is 19.1 Å². The first-order chi connectivity index (χ1) is 10.0. The van der Waals surface area contributed by atoms with Crippen LogP contribution in [0.15, 0.2) is 37.6 Å². The van der Waals surface area contributed by atoms with E-state index in [0.717, 1.165) is 8.95 Å². The van der Waals surface area contributed by atoms with E-state index < -0.39 is 5.97 Å². The molecule has 1 heterocycles. The molecule has 1 aromatic carbocycles. The van der Waals surface area contributed by atoms with Gasteiger partial charge in [0, 0.05) is 8.95 Å². The highest BCUT2D eigenvalue weighted by Crippen LogP contribution is 2.31. The molecule has 0 bridgehead atoms. The fourth-order valence-corrected chi connectivity index (χ4v) is 3.17. The quantitative estimate of drug-likeness (QED) is 0.724. The highest BCUT2D eigenvalue weighted by Gasteiger charge is 2.16. The molecule has 0 aliphatic carbocycles. The van der Waals surface area contributed by atoms with E-state index in [0.29, 0.717) is 29.3 Å². The molecule has 0 radical (unpaired) electrons. The summed E-state index contributed by atoms with van der Waals surface area (Å²) in [6.07, 6.45) is 0. The Morgan fingerprint density at radius 3 is 2.67 bits per heavy atom. The maximum atomic E-state index is 11.8. The zero-order valence-corrected chi connectivity index (χ0v) is 14.3. The van der Waals surface area contributed by atoms with Crippen molar-refractivity contribution in [2.75, 3.05) is 12.4 Å². The van der Waals surface area contributed by atoms with Gasteiger partial charge in [0.25, 0.3) is 0 Å². The van der Waals surface area contributed by atoms with E-state index in [2.05, 4.69) is 37.2 Å². The number of furan rings is 1. The summed E-state index contributed by atoms with van der Waals surface area (Å²) in [5.41, 5.74) is 1.03. The van der Waals surface area contributed by atoms with Crippen LogP contribution in [0.5, 0.6) is 0 Å². The topological polar surface area (TPSA) is 71.7 Å². The van der Waals surface area contributed by atoms with Crippen LogP contribution in [0.4, 0.5) is 5.69 Å². The Labute approximate surface area is 138 Å². The number of benzene rings is 1. The molecule has 0 saturated heterocycles. The van der Waals surface area contributed by atoms with Crippen molar-refractivity contribution in [2.45, 2.75) is 13.2 Å². The van der Waals surface area contributed by atoms with E-state index in [1.54, 1.807) is 18.2 Å². The number of hydrogen-bond donors (Lipinski definition) is 2. The molecule has 2 rings (SSSR count). The SMILES string of the molecule is COC(=O)c1cc(Br)cc(Br)c1NCc1ccc(CO)o1. The molecule has 0 unspecified atom stereocenters. The number of aliphatic hydroxyl groups excluding tert-OH is 1. The van der Waals surface area contributed by atoms with Crippen LogP contribution in [0.3, 0.4) is 0 Å². The summed E-state index contributed by atoms with van der Waals surface area (Å²) in [5.74, 6) is 0.717. The summed E-state index contributed by atoms with van der Waals surface area (Å²) in [6.45, 7) is 0.236. The van der Waals surface area contributed by atoms with Gasteiger partial charge in [-0.2, -0.15) is 0 Å². The number of aliphatic hydroxyl groups is 1. The lowest BCUT2D eigenvalue weighted by atomic mass is 10.2. The molecule has 0 saturated carbocycles. The van der Waals surface area contributed by atoms with Gasteiger partial charge in [-0.15, -0.1) is 0 Å². The van der Waals surface area contributed by atoms with Crippen LogP contribution in [0.25, 0.3) is 0 Å². The van der Waals surface area contributed by atoms with Crippen LogP contribution in [-0.2, 0) is 17.9 Å². The number of carbonyl (C=O) groups is 1. The lowest BCUT2D eigenvalue weighted by molar-refractivity contribution is 0.0601. The Morgan fingerprint density at radius 2 is 2.05 bits per heavy atom. The summed E-state index contributed by atoms with van der Waals surface area (Å²) in [4.78, 5) is 11.8. The maximum Gasteiger partial charge on any atom is 0.340 e. The molecule has 0 fully saturated rings. The largest absolute Gasteiger partial charge is 0.465 e. The van der Waals surface area contributed by atoms with Crippen molar-refractivity contribution in [1.82, 2.24) is 0 Å². The third kappa shape index (κ3) is 3.87. The number of nitrogens with one attached hydrogen (secondary N) is 1. The first kappa shape index (κ1) is 16.1. The Bertz CT molecular complexity index is 654. The van der Waals surface area contributed by atoms with Crippen LogP contribution >= 0.6 is 31.9 Å². The average Bonchev–Trinajstić information content (AvgIpc) is 2.92. The Kier molecular flexibility index (Phi) is 5.44. The standard InChI is InChI=1S/C14H13Br2NO4/c1-20-14(19)11-4-8(15)5-12(16)13(11)17-6-9-2-3-10(7-18)21-9/h2-5,17-18H,6-7H2,1H3. The van der Waals surface area contributed by atoms with Crippen LogP contribution in [-0.4, -0.2) is 18.2 Å². The summed E-state index contributed by atoms with van der Waals surface area (Å²) in [6, 6.07) is 6.98. The van der Waals surface area contributed by atoms with Gasteiger partial charge in [-0.05, 0) is 40.2 Å². The van der Waals surface area contributed by atoms with Crippen LogP contribution in [0.1, 0.15) is 21.9 Å². The lowest BCUT2D eigenvalue weighted by Gasteiger charge is -2.12. The van der Waals surface area contributed by atoms with E-state index in [4.69, 9.17) is 14.3 Å². The van der Waals surface area contributed by atoms with Crippen molar-refractivity contribution in [3.8, 4) is 0 Å². The molecule has 112 valence electrons. The molecule has 7 heteroatoms. The summed E-state index contributed by atoms with van der Waals surface area (Å²) in [5, 5.41) is 12.1. The van der Waals surface area contributed by atoms with Crippen molar-refractivity contribution in [3.05, 3.63) is 50.3 Å². The molecular formula is C14H13Br2NO4. The average molecular weight is 419 g/mol. The minimum atomic E-state index is -0.435. The van der Waals surface area contributed by atoms with E-state index >= 15 is 0 Å². The predicted molar refractivity (Wildman–Crippen MR) is 85.1 cm³/mol. The maximum absolute atomic E-state index is 11.8. The Morgan fingerprint density at radius 1 is 1.33 bits per heavy atom. The third-order valence-corrected chi connectivity index (χ3v) is 3.86. The molecule has 0 amide bonds. The second-order valence-electron chi connectivity index (χ2n) is 4.18. The number of methoxy groups -OCH3 is 1. The van der Waals surface area contributed by atoms with Gasteiger partial charge in [0.05, 0.1) is 24.9 Å². The number of carbonyl (C=O) groups excluding carboxylic acids is 1. The van der Waals surface area contributed by atoms with Crippen LogP contribution < -0.4 is 5.32 Å². The molecule has 2 N–H and O–H groups in total. The zero-order chi connectivity index (χ0) is 15.4. The molecule has 0 atom stereocenters. The van der Waals surface area contributed by atoms with Gasteiger partial charge in [-0.25, -0.2) is 4.79 Å². The van der Waals surface area contributed by atoms with Crippen molar-refractivity contribution in [2.24, 2.45) is 0 Å². The van der Waals surface area contributed by atoms with E-state index in [9.17, 15) is 4.79 Å². The predicted octanol–water partition coefficient (Wildman–Crippen LogP) is 3.70. The highest BCUT2D eigenvalue weighted by atomic mass is 79.9. The molecular weight excluding hydrogens is 406 g/mol. The number of halogens is 2. The van der Waals surface area contributed by atoms with Gasteiger partial charge in [0.2, 0.25) is 0 Å². The molecule has 21 heavy (non-hydrogen) atoms. The molecule has 0 aliphatic rings. The van der Waals surface area contributed by atoms with Crippen molar-refractivity contribution in [3.63, 3.8) is 0 Å². The molecule has 0 spiro atoms. The first-order valence-corrected chi connectivity index (χ1v) is 7.63. The third-order valence-electron chi connectivity index (χ3n) is 2.77. The summed E-state index contributed by atoms with van der Waals surface area (Å²) < 4.78 is 11.7. The number of rotatable bonds is 5. The number of esters is 1. The smallest absolute Gasteiger partial charge is 0.340 e. The van der Waals surface area contributed by atoms with Gasteiger partial charge in [0.1, 0.15) is 18.1 Å². The fraction of sp³-hybridized carbons (Fsp3) is 0.214. The first-order valence-electron chi connectivity index (χ1n) is 6.04. The van der Waals surface area contributed by atoms with E-state index in [1.165, 1.54) is 7.11 Å². The Hall–Kier alpha value is -1.31. The fourth-order valence-electron chi connectivity index (χ4n) is 1.80. The molecule has 5 nitrogen and oxygen atoms in total. The second-order valence-corrected chi connectivity index (χ2v) is 5.95. The van der Waals surface area contributed by atoms with Gasteiger partial charge >= 0.3 is 5.97 Å². The lowest BCUT2D eigenvalue weighted by Crippen LogP contribution is -2.09. The van der Waals surface area contributed by atoms with Gasteiger partial charge in [0.15, 0.2) is 0 Å². The van der Waals surface area contributed by atoms with Gasteiger partial charge in [-0.3, -0.25) is 0 Å². The highest BCUT2D eigenvalue weighted by molar-refractivity contribution is 9.11. The van der Waals surface area contributed by atoms with Crippen molar-refractivity contribution in [1.29, 1.82) is 0 Å². The van der Waals surface area contributed by atoms with Gasteiger partial charge in [-0.1, -0.05) is 15.9 Å². The van der Waals surface area contributed by atoms with E-state index in [-0.39, 0.29) is 6.61 Å². The number of anilines is 1.